The molecule has 0 unspecified atom stereocenters. The van der Waals surface area contributed by atoms with Crippen LogP contribution < -0.4 is 0 Å². The first-order valence-corrected chi connectivity index (χ1v) is 9.39. The Morgan fingerprint density at radius 1 is 1.00 bits per heavy atom. The topological polar surface area (TPSA) is 0 Å². The fourth-order valence-electron chi connectivity index (χ4n) is 0.848. The molecular weight excluding hydrogens is 168 g/mol. The molecule has 0 saturated carbocycles. The van der Waals surface area contributed by atoms with E-state index in [2.05, 4.69) is 42.3 Å². The van der Waals surface area contributed by atoms with Gasteiger partial charge in [-0.1, -0.05) is 0 Å². The van der Waals surface area contributed by atoms with Gasteiger partial charge in [0.15, 0.2) is 0 Å². The SMILES string of the molecule is C[SH]1(C)(C)CSCSC1. The van der Waals surface area contributed by atoms with Crippen LogP contribution in [0.4, 0.5) is 0 Å². The summed E-state index contributed by atoms with van der Waals surface area (Å²) in [5.41, 5.74) is 0. The molecule has 1 aliphatic rings. The Kier molecular flexibility index (Phi) is 2.06. The van der Waals surface area contributed by atoms with Crippen LogP contribution in [-0.4, -0.2) is 34.0 Å². The van der Waals surface area contributed by atoms with Crippen molar-refractivity contribution >= 4 is 32.7 Å². The third-order valence-corrected chi connectivity index (χ3v) is 11.8. The summed E-state index contributed by atoms with van der Waals surface area (Å²) in [6.07, 6.45) is 7.47. The molecule has 0 nitrogen and oxygen atoms in total. The van der Waals surface area contributed by atoms with Gasteiger partial charge in [-0.25, -0.2) is 0 Å². The van der Waals surface area contributed by atoms with Crippen LogP contribution in [-0.2, 0) is 0 Å². The predicted octanol–water partition coefficient (Wildman–Crippen LogP) is 2.30. The van der Waals surface area contributed by atoms with Gasteiger partial charge in [0.25, 0.3) is 0 Å². The van der Waals surface area contributed by atoms with Crippen molar-refractivity contribution in [3.05, 3.63) is 0 Å². The zero-order valence-corrected chi connectivity index (χ0v) is 8.91. The van der Waals surface area contributed by atoms with E-state index >= 15 is 0 Å². The minimum atomic E-state index is -1.12. The van der Waals surface area contributed by atoms with E-state index in [9.17, 15) is 0 Å². The van der Waals surface area contributed by atoms with E-state index in [1.807, 2.05) is 0 Å². The Balaban J connectivity index is 2.58. The molecule has 0 spiro atoms. The van der Waals surface area contributed by atoms with Crippen molar-refractivity contribution in [3.63, 3.8) is 0 Å². The quantitative estimate of drug-likeness (QED) is 0.574. The first-order chi connectivity index (χ1) is 3.97. The van der Waals surface area contributed by atoms with Crippen molar-refractivity contribution in [2.24, 2.45) is 0 Å². The first-order valence-electron chi connectivity index (χ1n) is 3.13. The molecule has 1 saturated heterocycles. The van der Waals surface area contributed by atoms with E-state index in [0.29, 0.717) is 0 Å². The molecule has 0 aliphatic carbocycles. The Morgan fingerprint density at radius 2 is 1.44 bits per heavy atom. The number of hydrogen-bond donors (Lipinski definition) is 1. The molecule has 1 heterocycles. The van der Waals surface area contributed by atoms with Crippen molar-refractivity contribution < 1.29 is 0 Å². The Labute approximate surface area is 66.8 Å². The van der Waals surface area contributed by atoms with Crippen molar-refractivity contribution in [2.75, 3.05) is 34.0 Å². The number of hydrogen-bond acceptors (Lipinski definition) is 2. The van der Waals surface area contributed by atoms with Gasteiger partial charge in [0.05, 0.1) is 0 Å². The van der Waals surface area contributed by atoms with Crippen molar-refractivity contribution in [1.29, 1.82) is 0 Å². The third kappa shape index (κ3) is 2.64. The van der Waals surface area contributed by atoms with Crippen LogP contribution in [0.25, 0.3) is 0 Å². The highest BCUT2D eigenvalue weighted by Crippen LogP contribution is 2.66. The Bertz CT molecular complexity index is 101. The van der Waals surface area contributed by atoms with Crippen LogP contribution in [0.5, 0.6) is 0 Å². The van der Waals surface area contributed by atoms with Gasteiger partial charge >= 0.3 is 0 Å². The Hall–Kier alpha value is 1.05. The van der Waals surface area contributed by atoms with E-state index in [1.54, 1.807) is 0 Å². The van der Waals surface area contributed by atoms with Gasteiger partial charge in [-0.15, -0.1) is 23.5 Å². The second-order valence-electron chi connectivity index (χ2n) is 4.25. The third-order valence-electron chi connectivity index (χ3n) is 1.31. The van der Waals surface area contributed by atoms with Crippen LogP contribution in [0.3, 0.4) is 0 Å². The maximum Gasteiger partial charge on any atom is 0.0406 e. The maximum absolute atomic E-state index is 2.49. The fraction of sp³-hybridized carbons (Fsp3) is 1.00. The lowest BCUT2D eigenvalue weighted by Crippen LogP contribution is -2.21. The minimum Gasteiger partial charge on any atom is -0.275 e. The highest BCUT2D eigenvalue weighted by atomic mass is 32.4. The van der Waals surface area contributed by atoms with Crippen LogP contribution in [0.2, 0.25) is 0 Å². The normalized spacial score (nSPS) is 36.6. The molecule has 1 fully saturated rings. The van der Waals surface area contributed by atoms with Gasteiger partial charge in [-0.2, -0.15) is 0 Å². The molecule has 0 aromatic carbocycles. The van der Waals surface area contributed by atoms with Crippen molar-refractivity contribution in [3.8, 4) is 0 Å². The largest absolute Gasteiger partial charge is 0.275 e. The average molecular weight is 184 g/mol. The van der Waals surface area contributed by atoms with E-state index in [1.165, 1.54) is 15.3 Å². The van der Waals surface area contributed by atoms with Gasteiger partial charge in [-0.05, 0) is 18.8 Å². The molecule has 1 aliphatic heterocycles. The summed E-state index contributed by atoms with van der Waals surface area (Å²) in [5.74, 6) is 0. The highest BCUT2D eigenvalue weighted by Gasteiger charge is 2.28. The number of rotatable bonds is 0. The van der Waals surface area contributed by atoms with Gasteiger partial charge < -0.3 is 0 Å². The molecule has 0 N–H and O–H groups in total. The summed E-state index contributed by atoms with van der Waals surface area (Å²) in [7, 11) is -1.12. The molecule has 0 bridgehead atoms. The summed E-state index contributed by atoms with van der Waals surface area (Å²) < 4.78 is 0. The van der Waals surface area contributed by atoms with E-state index in [4.69, 9.17) is 0 Å². The highest BCUT2D eigenvalue weighted by molar-refractivity contribution is 8.58. The lowest BCUT2D eigenvalue weighted by molar-refractivity contribution is 1.77. The molecule has 58 valence electrons. The zero-order chi connectivity index (χ0) is 6.98. The van der Waals surface area contributed by atoms with Crippen molar-refractivity contribution in [1.82, 2.24) is 0 Å². The molecule has 0 amide bonds. The Morgan fingerprint density at radius 3 is 1.67 bits per heavy atom. The number of thioether (sulfide) groups is 2. The molecule has 1 rings (SSSR count). The zero-order valence-electron chi connectivity index (χ0n) is 6.39. The monoisotopic (exact) mass is 184 g/mol. The van der Waals surface area contributed by atoms with Crippen LogP contribution in [0, 0.1) is 0 Å². The molecule has 9 heavy (non-hydrogen) atoms. The lowest BCUT2D eigenvalue weighted by atomic mass is 11.7. The van der Waals surface area contributed by atoms with Crippen LogP contribution in [0.1, 0.15) is 0 Å². The standard InChI is InChI=1S/C6H16S3/c1-9(2,3)5-7-4-8-6-9/h9H,4-6H2,1-3H3. The van der Waals surface area contributed by atoms with Gasteiger partial charge in [-0.3, -0.25) is 9.16 Å². The lowest BCUT2D eigenvalue weighted by Gasteiger charge is -2.53. The van der Waals surface area contributed by atoms with Crippen LogP contribution in [0.15, 0.2) is 0 Å². The predicted molar refractivity (Wildman–Crippen MR) is 56.5 cm³/mol. The van der Waals surface area contributed by atoms with Gasteiger partial charge in [0.2, 0.25) is 0 Å². The molecule has 0 radical (unpaired) electrons. The second-order valence-corrected chi connectivity index (χ2v) is 15.0. The second kappa shape index (κ2) is 2.28. The maximum atomic E-state index is 2.49. The molecule has 0 aromatic rings. The summed E-state index contributed by atoms with van der Waals surface area (Å²) in [6, 6.07) is 0. The van der Waals surface area contributed by atoms with Gasteiger partial charge in [0.1, 0.15) is 0 Å². The first kappa shape index (κ1) is 8.15. The van der Waals surface area contributed by atoms with Crippen LogP contribution >= 0.6 is 32.7 Å². The fourth-order valence-corrected chi connectivity index (χ4v) is 9.64. The summed E-state index contributed by atoms with van der Waals surface area (Å²) >= 11 is 4.24. The van der Waals surface area contributed by atoms with E-state index < -0.39 is 9.16 Å². The molecule has 0 aromatic heterocycles. The summed E-state index contributed by atoms with van der Waals surface area (Å²) in [6.45, 7) is 0. The number of thiol groups is 1. The minimum absolute atomic E-state index is 1.12. The van der Waals surface area contributed by atoms with E-state index in [0.717, 1.165) is 0 Å². The molecule has 0 atom stereocenters. The summed E-state index contributed by atoms with van der Waals surface area (Å²) in [4.78, 5) is 0. The molecular formula is C6H16S3. The van der Waals surface area contributed by atoms with Gasteiger partial charge in [0, 0.05) is 15.3 Å². The molecule has 3 heteroatoms. The average Bonchev–Trinajstić information content (AvgIpc) is 1.62. The smallest absolute Gasteiger partial charge is 0.0406 e. The summed E-state index contributed by atoms with van der Waals surface area (Å²) in [5, 5.41) is 4.21. The van der Waals surface area contributed by atoms with E-state index in [-0.39, 0.29) is 0 Å². The van der Waals surface area contributed by atoms with Crippen molar-refractivity contribution in [2.45, 2.75) is 0 Å².